The van der Waals surface area contributed by atoms with E-state index in [1.807, 2.05) is 24.3 Å². The summed E-state index contributed by atoms with van der Waals surface area (Å²) in [5.74, 6) is 1.43. The summed E-state index contributed by atoms with van der Waals surface area (Å²) in [4.78, 5) is 27.3. The van der Waals surface area contributed by atoms with E-state index in [-0.39, 0.29) is 11.9 Å². The Balaban J connectivity index is 1.60. The van der Waals surface area contributed by atoms with Gasteiger partial charge in [-0.3, -0.25) is 4.79 Å². The van der Waals surface area contributed by atoms with Crippen LogP contribution in [0, 0.1) is 0 Å². The van der Waals surface area contributed by atoms with Gasteiger partial charge in [-0.25, -0.2) is 15.0 Å². The summed E-state index contributed by atoms with van der Waals surface area (Å²) in [7, 11) is 0. The van der Waals surface area contributed by atoms with Crippen LogP contribution < -0.4 is 21.1 Å². The minimum absolute atomic E-state index is 0.0424. The van der Waals surface area contributed by atoms with Crippen LogP contribution in [-0.4, -0.2) is 32.4 Å². The molecule has 2 heterocycles. The molecule has 2 aromatic heterocycles. The van der Waals surface area contributed by atoms with Crippen molar-refractivity contribution in [2.75, 3.05) is 17.6 Å². The molecule has 0 spiro atoms. The maximum atomic E-state index is 10.9. The summed E-state index contributed by atoms with van der Waals surface area (Å²) in [5.41, 5.74) is 7.50. The Morgan fingerprint density at radius 3 is 2.59 bits per heavy atom. The topological polar surface area (TPSA) is 128 Å². The number of rotatable bonds is 8. The van der Waals surface area contributed by atoms with Crippen molar-refractivity contribution in [2.45, 2.75) is 19.9 Å². The minimum atomic E-state index is -0.0424. The van der Waals surface area contributed by atoms with Crippen LogP contribution in [-0.2, 0) is 17.8 Å². The van der Waals surface area contributed by atoms with Gasteiger partial charge in [0, 0.05) is 19.5 Å². The number of hydrogen-bond donors (Lipinski definition) is 3. The van der Waals surface area contributed by atoms with Crippen molar-refractivity contribution in [3.63, 3.8) is 0 Å². The third kappa shape index (κ3) is 6.58. The van der Waals surface area contributed by atoms with E-state index in [9.17, 15) is 4.79 Å². The fourth-order valence-corrected chi connectivity index (χ4v) is 2.53. The number of benzene rings is 1. The zero-order chi connectivity index (χ0) is 20.6. The van der Waals surface area contributed by atoms with Crippen LogP contribution in [0.25, 0.3) is 0 Å². The molecule has 0 aliphatic carbocycles. The number of nitrogens with one attached hydrogen (secondary N) is 2. The molecule has 0 bridgehead atoms. The van der Waals surface area contributed by atoms with Gasteiger partial charge < -0.3 is 21.1 Å². The number of carbonyl (C=O) groups is 1. The number of carbonyl (C=O) groups excluding carboxylic acids is 1. The highest BCUT2D eigenvalue weighted by molar-refractivity contribution is 6.30. The van der Waals surface area contributed by atoms with Crippen molar-refractivity contribution in [3.05, 3.63) is 59.0 Å². The summed E-state index contributed by atoms with van der Waals surface area (Å²) in [6.07, 6.45) is 3.74. The Morgan fingerprint density at radius 1 is 1.17 bits per heavy atom. The second-order valence-corrected chi connectivity index (χ2v) is 6.55. The standard InChI is InChI=1S/C19H20ClN7O2/c1-12(28)22-7-6-13-2-4-16(5-3-13)29-17-8-15(26-18(21)27-17)11-25-19-23-9-14(20)10-24-19/h2-5,8-10H,6-7,11H2,1H3,(H,22,28)(H2,21,26,27)(H,23,24,25). The lowest BCUT2D eigenvalue weighted by molar-refractivity contribution is -0.118. The summed E-state index contributed by atoms with van der Waals surface area (Å²) in [6.45, 7) is 2.43. The van der Waals surface area contributed by atoms with Gasteiger partial charge in [0.15, 0.2) is 0 Å². The van der Waals surface area contributed by atoms with Crippen molar-refractivity contribution in [3.8, 4) is 11.6 Å². The van der Waals surface area contributed by atoms with Gasteiger partial charge in [-0.15, -0.1) is 0 Å². The third-order valence-electron chi connectivity index (χ3n) is 3.75. The Labute approximate surface area is 172 Å². The van der Waals surface area contributed by atoms with Gasteiger partial charge in [-0.1, -0.05) is 23.7 Å². The van der Waals surface area contributed by atoms with Crippen molar-refractivity contribution in [1.82, 2.24) is 25.3 Å². The maximum absolute atomic E-state index is 10.9. The van der Waals surface area contributed by atoms with E-state index in [2.05, 4.69) is 30.6 Å². The second kappa shape index (κ2) is 9.65. The summed E-state index contributed by atoms with van der Waals surface area (Å²) >= 11 is 5.77. The van der Waals surface area contributed by atoms with E-state index in [0.717, 1.165) is 12.0 Å². The third-order valence-corrected chi connectivity index (χ3v) is 3.95. The van der Waals surface area contributed by atoms with E-state index in [0.29, 0.717) is 41.4 Å². The molecule has 0 radical (unpaired) electrons. The molecule has 0 atom stereocenters. The number of ether oxygens (including phenoxy) is 1. The first-order valence-corrected chi connectivity index (χ1v) is 9.22. The molecule has 29 heavy (non-hydrogen) atoms. The van der Waals surface area contributed by atoms with Gasteiger partial charge in [0.25, 0.3) is 0 Å². The van der Waals surface area contributed by atoms with E-state index in [1.165, 1.54) is 19.3 Å². The lowest BCUT2D eigenvalue weighted by Gasteiger charge is -2.09. The lowest BCUT2D eigenvalue weighted by atomic mass is 10.1. The highest BCUT2D eigenvalue weighted by Crippen LogP contribution is 2.21. The molecule has 0 aliphatic rings. The molecular formula is C19H20ClN7O2. The molecule has 0 saturated carbocycles. The van der Waals surface area contributed by atoms with Crippen LogP contribution in [0.15, 0.2) is 42.7 Å². The summed E-state index contributed by atoms with van der Waals surface area (Å²) in [5, 5.41) is 6.25. The van der Waals surface area contributed by atoms with Crippen molar-refractivity contribution in [2.24, 2.45) is 0 Å². The molecule has 3 aromatic rings. The van der Waals surface area contributed by atoms with Gasteiger partial charge in [0.05, 0.1) is 29.7 Å². The zero-order valence-corrected chi connectivity index (χ0v) is 16.5. The summed E-state index contributed by atoms with van der Waals surface area (Å²) < 4.78 is 5.79. The van der Waals surface area contributed by atoms with Crippen LogP contribution in [0.4, 0.5) is 11.9 Å². The van der Waals surface area contributed by atoms with Gasteiger partial charge in [0.1, 0.15) is 5.75 Å². The number of amides is 1. The smallest absolute Gasteiger partial charge is 0.224 e. The number of aromatic nitrogens is 4. The van der Waals surface area contributed by atoms with E-state index in [1.54, 1.807) is 6.07 Å². The monoisotopic (exact) mass is 413 g/mol. The van der Waals surface area contributed by atoms with Crippen molar-refractivity contribution in [1.29, 1.82) is 0 Å². The second-order valence-electron chi connectivity index (χ2n) is 6.11. The first kappa shape index (κ1) is 20.3. The van der Waals surface area contributed by atoms with Crippen LogP contribution in [0.3, 0.4) is 0 Å². The number of nitrogen functional groups attached to an aromatic ring is 1. The average molecular weight is 414 g/mol. The molecule has 4 N–H and O–H groups in total. The predicted octanol–water partition coefficient (Wildman–Crippen LogP) is 2.59. The Morgan fingerprint density at radius 2 is 1.90 bits per heavy atom. The molecule has 9 nitrogen and oxygen atoms in total. The van der Waals surface area contributed by atoms with Crippen LogP contribution in [0.2, 0.25) is 5.02 Å². The number of hydrogen-bond acceptors (Lipinski definition) is 8. The molecule has 1 aromatic carbocycles. The molecule has 0 unspecified atom stereocenters. The SMILES string of the molecule is CC(=O)NCCc1ccc(Oc2cc(CNc3ncc(Cl)cn3)nc(N)n2)cc1. The molecule has 0 aliphatic heterocycles. The number of nitrogens with two attached hydrogens (primary N) is 1. The first-order chi connectivity index (χ1) is 14.0. The minimum Gasteiger partial charge on any atom is -0.439 e. The number of anilines is 2. The molecule has 1 amide bonds. The van der Waals surface area contributed by atoms with Gasteiger partial charge in [-0.05, 0) is 24.1 Å². The predicted molar refractivity (Wildman–Crippen MR) is 110 cm³/mol. The highest BCUT2D eigenvalue weighted by atomic mass is 35.5. The maximum Gasteiger partial charge on any atom is 0.224 e. The van der Waals surface area contributed by atoms with Gasteiger partial charge >= 0.3 is 0 Å². The summed E-state index contributed by atoms with van der Waals surface area (Å²) in [6, 6.07) is 9.22. The van der Waals surface area contributed by atoms with Gasteiger partial charge in [-0.2, -0.15) is 4.98 Å². The molecule has 10 heteroatoms. The molecule has 3 rings (SSSR count). The number of halogens is 1. The molecule has 0 fully saturated rings. The van der Waals surface area contributed by atoms with E-state index >= 15 is 0 Å². The fraction of sp³-hybridized carbons (Fsp3) is 0.211. The van der Waals surface area contributed by atoms with E-state index in [4.69, 9.17) is 22.1 Å². The quantitative estimate of drug-likeness (QED) is 0.514. The highest BCUT2D eigenvalue weighted by Gasteiger charge is 2.06. The van der Waals surface area contributed by atoms with Crippen LogP contribution in [0.1, 0.15) is 18.2 Å². The Bertz CT molecular complexity index is 965. The Hall–Kier alpha value is -3.46. The van der Waals surface area contributed by atoms with Crippen molar-refractivity contribution >= 4 is 29.4 Å². The van der Waals surface area contributed by atoms with Crippen LogP contribution in [0.5, 0.6) is 11.6 Å². The molecule has 0 saturated heterocycles. The largest absolute Gasteiger partial charge is 0.439 e. The van der Waals surface area contributed by atoms with Crippen LogP contribution >= 0.6 is 11.6 Å². The fourth-order valence-electron chi connectivity index (χ4n) is 2.44. The first-order valence-electron chi connectivity index (χ1n) is 8.84. The van der Waals surface area contributed by atoms with Gasteiger partial charge in [0.2, 0.25) is 23.7 Å². The zero-order valence-electron chi connectivity index (χ0n) is 15.7. The molecular weight excluding hydrogens is 394 g/mol. The number of nitrogens with zero attached hydrogens (tertiary/aromatic N) is 4. The van der Waals surface area contributed by atoms with Crippen molar-refractivity contribution < 1.29 is 9.53 Å². The molecule has 150 valence electrons. The Kier molecular flexibility index (Phi) is 6.75. The lowest BCUT2D eigenvalue weighted by Crippen LogP contribution is -2.22. The average Bonchev–Trinajstić information content (AvgIpc) is 2.68. The normalized spacial score (nSPS) is 10.4. The van der Waals surface area contributed by atoms with E-state index < -0.39 is 0 Å².